The van der Waals surface area contributed by atoms with E-state index in [-0.39, 0.29) is 16.8 Å². The van der Waals surface area contributed by atoms with Gasteiger partial charge in [0, 0.05) is 4.88 Å². The average Bonchev–Trinajstić information content (AvgIpc) is 2.76. The van der Waals surface area contributed by atoms with Crippen LogP contribution in [0.15, 0.2) is 29.1 Å². The molecule has 1 unspecified atom stereocenters. The lowest BCUT2D eigenvalue weighted by Gasteiger charge is -2.01. The highest BCUT2D eigenvalue weighted by Gasteiger charge is 2.17. The van der Waals surface area contributed by atoms with E-state index in [1.807, 2.05) is 13.0 Å². The highest BCUT2D eigenvalue weighted by molar-refractivity contribution is 7.22. The van der Waals surface area contributed by atoms with Gasteiger partial charge in [0.25, 0.3) is 5.56 Å². The van der Waals surface area contributed by atoms with Crippen LogP contribution in [0.25, 0.3) is 20.7 Å². The number of aryl methyl sites for hydroxylation is 1. The standard InChI is InChI=1S/C15H12ClFN2OS/c1-7-11-14(20)18-13(8(2)16)19-15(11)21-12(7)9-4-3-5-10(17)6-9/h3-6,8H,1-2H3,(H,18,19,20). The minimum absolute atomic E-state index is 0.209. The van der Waals surface area contributed by atoms with Gasteiger partial charge in [0.05, 0.1) is 10.8 Å². The lowest BCUT2D eigenvalue weighted by molar-refractivity contribution is 0.628. The van der Waals surface area contributed by atoms with Crippen molar-refractivity contribution in [2.24, 2.45) is 0 Å². The van der Waals surface area contributed by atoms with Crippen molar-refractivity contribution >= 4 is 33.2 Å². The van der Waals surface area contributed by atoms with E-state index < -0.39 is 0 Å². The average molecular weight is 323 g/mol. The molecule has 3 aromatic rings. The molecule has 0 radical (unpaired) electrons. The number of alkyl halides is 1. The molecular weight excluding hydrogens is 311 g/mol. The Morgan fingerprint density at radius 3 is 2.86 bits per heavy atom. The summed E-state index contributed by atoms with van der Waals surface area (Å²) in [6.07, 6.45) is 0. The van der Waals surface area contributed by atoms with Crippen LogP contribution in [0.5, 0.6) is 0 Å². The van der Waals surface area contributed by atoms with Crippen molar-refractivity contribution in [3.8, 4) is 10.4 Å². The molecule has 0 fully saturated rings. The minimum Gasteiger partial charge on any atom is -0.309 e. The van der Waals surface area contributed by atoms with E-state index in [2.05, 4.69) is 9.97 Å². The Labute approximate surface area is 129 Å². The number of aromatic amines is 1. The van der Waals surface area contributed by atoms with Crippen molar-refractivity contribution in [1.29, 1.82) is 0 Å². The van der Waals surface area contributed by atoms with Crippen molar-refractivity contribution in [2.45, 2.75) is 19.2 Å². The van der Waals surface area contributed by atoms with Crippen molar-refractivity contribution in [3.63, 3.8) is 0 Å². The molecule has 0 spiro atoms. The number of aromatic nitrogens is 2. The molecule has 1 aromatic carbocycles. The molecule has 0 saturated heterocycles. The number of hydrogen-bond acceptors (Lipinski definition) is 3. The van der Waals surface area contributed by atoms with Gasteiger partial charge in [-0.15, -0.1) is 22.9 Å². The number of nitrogens with one attached hydrogen (secondary N) is 1. The molecule has 2 heterocycles. The van der Waals surface area contributed by atoms with E-state index >= 15 is 0 Å². The normalized spacial score (nSPS) is 12.8. The van der Waals surface area contributed by atoms with Gasteiger partial charge in [-0.1, -0.05) is 12.1 Å². The summed E-state index contributed by atoms with van der Waals surface area (Å²) >= 11 is 7.36. The fourth-order valence-electron chi connectivity index (χ4n) is 2.25. The van der Waals surface area contributed by atoms with E-state index in [1.54, 1.807) is 13.0 Å². The Hall–Kier alpha value is -1.72. The Balaban J connectivity index is 2.29. The number of benzene rings is 1. The first-order valence-electron chi connectivity index (χ1n) is 6.40. The third-order valence-electron chi connectivity index (χ3n) is 3.28. The first-order valence-corrected chi connectivity index (χ1v) is 7.66. The molecule has 3 rings (SSSR count). The number of fused-ring (bicyclic) bond motifs is 1. The quantitative estimate of drug-likeness (QED) is 0.711. The van der Waals surface area contributed by atoms with Gasteiger partial charge in [-0.25, -0.2) is 9.37 Å². The molecule has 2 aromatic heterocycles. The van der Waals surface area contributed by atoms with E-state index in [4.69, 9.17) is 11.6 Å². The summed E-state index contributed by atoms with van der Waals surface area (Å²) in [6.45, 7) is 3.60. The number of H-pyrrole nitrogens is 1. The molecule has 108 valence electrons. The molecule has 0 aliphatic carbocycles. The first-order chi connectivity index (χ1) is 9.97. The van der Waals surface area contributed by atoms with Crippen LogP contribution < -0.4 is 5.56 Å². The Morgan fingerprint density at radius 2 is 2.19 bits per heavy atom. The van der Waals surface area contributed by atoms with Crippen LogP contribution >= 0.6 is 22.9 Å². The SMILES string of the molecule is Cc1c(-c2cccc(F)c2)sc2nc(C(C)Cl)[nH]c(=O)c12. The molecule has 0 aliphatic rings. The molecule has 0 bridgehead atoms. The predicted octanol–water partition coefficient (Wildman–Crippen LogP) is 4.40. The van der Waals surface area contributed by atoms with Crippen LogP contribution in [0.3, 0.4) is 0 Å². The molecular formula is C15H12ClFN2OS. The van der Waals surface area contributed by atoms with Gasteiger partial charge in [0.2, 0.25) is 0 Å². The molecule has 6 heteroatoms. The molecule has 0 aliphatic heterocycles. The first kappa shape index (κ1) is 14.2. The van der Waals surface area contributed by atoms with E-state index in [0.717, 1.165) is 16.0 Å². The van der Waals surface area contributed by atoms with Crippen LogP contribution in [-0.2, 0) is 0 Å². The zero-order chi connectivity index (χ0) is 15.1. The number of nitrogens with zero attached hydrogens (tertiary/aromatic N) is 1. The van der Waals surface area contributed by atoms with Crippen molar-refractivity contribution in [2.75, 3.05) is 0 Å². The Morgan fingerprint density at radius 1 is 1.43 bits per heavy atom. The van der Waals surface area contributed by atoms with Gasteiger partial charge in [-0.3, -0.25) is 4.79 Å². The number of hydrogen-bond donors (Lipinski definition) is 1. The highest BCUT2D eigenvalue weighted by Crippen LogP contribution is 2.36. The molecule has 3 nitrogen and oxygen atoms in total. The van der Waals surface area contributed by atoms with Gasteiger partial charge in [0.15, 0.2) is 0 Å². The van der Waals surface area contributed by atoms with Gasteiger partial charge in [0.1, 0.15) is 16.5 Å². The summed E-state index contributed by atoms with van der Waals surface area (Å²) in [7, 11) is 0. The maximum Gasteiger partial charge on any atom is 0.259 e. The molecule has 21 heavy (non-hydrogen) atoms. The maximum atomic E-state index is 13.4. The highest BCUT2D eigenvalue weighted by atomic mass is 35.5. The maximum absolute atomic E-state index is 13.4. The summed E-state index contributed by atoms with van der Waals surface area (Å²) in [5, 5.41) is 0.169. The monoisotopic (exact) mass is 322 g/mol. The van der Waals surface area contributed by atoms with Gasteiger partial charge >= 0.3 is 0 Å². The Bertz CT molecular complexity index is 885. The molecule has 0 amide bonds. The Kier molecular flexibility index (Phi) is 3.55. The predicted molar refractivity (Wildman–Crippen MR) is 84.6 cm³/mol. The fraction of sp³-hybridized carbons (Fsp3) is 0.200. The number of thiophene rings is 1. The van der Waals surface area contributed by atoms with Gasteiger partial charge in [-0.05, 0) is 37.1 Å². The third-order valence-corrected chi connectivity index (χ3v) is 4.72. The molecule has 1 atom stereocenters. The number of rotatable bonds is 2. The number of halogens is 2. The molecule has 0 saturated carbocycles. The van der Waals surface area contributed by atoms with Crippen LogP contribution in [0, 0.1) is 12.7 Å². The van der Waals surface area contributed by atoms with E-state index in [1.165, 1.54) is 23.5 Å². The second-order valence-corrected chi connectivity index (χ2v) is 6.47. The van der Waals surface area contributed by atoms with Gasteiger partial charge in [-0.2, -0.15) is 0 Å². The van der Waals surface area contributed by atoms with Crippen LogP contribution in [0.1, 0.15) is 23.7 Å². The summed E-state index contributed by atoms with van der Waals surface area (Å²) in [4.78, 5) is 20.8. The minimum atomic E-state index is -0.373. The van der Waals surface area contributed by atoms with Crippen molar-refractivity contribution < 1.29 is 4.39 Å². The van der Waals surface area contributed by atoms with Crippen LogP contribution in [-0.4, -0.2) is 9.97 Å². The largest absolute Gasteiger partial charge is 0.309 e. The van der Waals surface area contributed by atoms with Crippen LogP contribution in [0.4, 0.5) is 4.39 Å². The lowest BCUT2D eigenvalue weighted by atomic mass is 10.1. The second-order valence-electron chi connectivity index (χ2n) is 4.81. The smallest absolute Gasteiger partial charge is 0.259 e. The zero-order valence-corrected chi connectivity index (χ0v) is 13.0. The van der Waals surface area contributed by atoms with Crippen molar-refractivity contribution in [1.82, 2.24) is 9.97 Å². The summed E-state index contributed by atoms with van der Waals surface area (Å²) in [5.74, 6) is 0.141. The van der Waals surface area contributed by atoms with E-state index in [0.29, 0.717) is 16.0 Å². The molecule has 1 N–H and O–H groups in total. The van der Waals surface area contributed by atoms with E-state index in [9.17, 15) is 9.18 Å². The zero-order valence-electron chi connectivity index (χ0n) is 11.4. The lowest BCUT2D eigenvalue weighted by Crippen LogP contribution is -2.11. The summed E-state index contributed by atoms with van der Waals surface area (Å²) in [6, 6.07) is 6.32. The summed E-state index contributed by atoms with van der Waals surface area (Å²) < 4.78 is 13.4. The topological polar surface area (TPSA) is 45.8 Å². The van der Waals surface area contributed by atoms with Gasteiger partial charge < -0.3 is 4.98 Å². The fourth-order valence-corrected chi connectivity index (χ4v) is 3.54. The second kappa shape index (κ2) is 5.24. The van der Waals surface area contributed by atoms with Crippen molar-refractivity contribution in [3.05, 3.63) is 51.8 Å². The van der Waals surface area contributed by atoms with Crippen LogP contribution in [0.2, 0.25) is 0 Å². The third kappa shape index (κ3) is 2.47. The summed E-state index contributed by atoms with van der Waals surface area (Å²) in [5.41, 5.74) is 1.34.